The van der Waals surface area contributed by atoms with Crippen molar-refractivity contribution in [3.63, 3.8) is 0 Å². The molecule has 47 heavy (non-hydrogen) atoms. The van der Waals surface area contributed by atoms with E-state index in [2.05, 4.69) is 39.7 Å². The van der Waals surface area contributed by atoms with Gasteiger partial charge in [0.2, 0.25) is 0 Å². The number of imidazole rings is 1. The number of benzene rings is 2. The summed E-state index contributed by atoms with van der Waals surface area (Å²) >= 11 is 0. The van der Waals surface area contributed by atoms with Crippen molar-refractivity contribution in [1.82, 2.24) is 20.6 Å². The Bertz CT molecular complexity index is 1330. The van der Waals surface area contributed by atoms with Gasteiger partial charge in [-0.2, -0.15) is 0 Å². The molecule has 0 aliphatic heterocycles. The molecule has 15 heteroatoms. The summed E-state index contributed by atoms with van der Waals surface area (Å²) in [6, 6.07) is 11.5. The lowest BCUT2D eigenvalue weighted by molar-refractivity contribution is -0.106. The molecule has 1 aromatic heterocycles. The number of likely N-dealkylation sites (N-methyl/N-ethyl adjacent to an activating group) is 1. The number of nitrogens with zero attached hydrogens (tertiary/aromatic N) is 1. The Morgan fingerprint density at radius 3 is 2.13 bits per heavy atom. The van der Waals surface area contributed by atoms with Gasteiger partial charge in [0.15, 0.2) is 16.1 Å². The quantitative estimate of drug-likeness (QED) is 0.109. The number of hydrogen-bond acceptors (Lipinski definition) is 9. The Labute approximate surface area is 289 Å². The summed E-state index contributed by atoms with van der Waals surface area (Å²) in [5.74, 6) is -1.09. The zero-order valence-corrected chi connectivity index (χ0v) is 29.7. The number of carbonyl (C=O) groups excluding carboxylic acids is 2. The van der Waals surface area contributed by atoms with Gasteiger partial charge in [0.05, 0.1) is 35.8 Å². The predicted molar refractivity (Wildman–Crippen MR) is 189 cm³/mol. The van der Waals surface area contributed by atoms with Gasteiger partial charge in [-0.15, -0.1) is 24.8 Å². The van der Waals surface area contributed by atoms with Crippen LogP contribution >= 0.6 is 24.8 Å². The lowest BCUT2D eigenvalue weighted by Gasteiger charge is -2.23. The average Bonchev–Trinajstić information content (AvgIpc) is 3.54. The highest BCUT2D eigenvalue weighted by Crippen LogP contribution is 2.12. The lowest BCUT2D eigenvalue weighted by Crippen LogP contribution is -2.44. The highest BCUT2D eigenvalue weighted by Gasteiger charge is 2.18. The summed E-state index contributed by atoms with van der Waals surface area (Å²) in [5, 5.41) is 23.2. The smallest absolute Gasteiger partial charge is 0.167 e. The van der Waals surface area contributed by atoms with Crippen LogP contribution in [0.15, 0.2) is 55.0 Å². The molecule has 1 heterocycles. The van der Waals surface area contributed by atoms with Crippen molar-refractivity contribution in [3.05, 3.63) is 89.0 Å². The first-order valence-corrected chi connectivity index (χ1v) is 16.4. The monoisotopic (exact) mass is 723 g/mol. The number of nitrogens with one attached hydrogen (secondary N) is 4. The highest BCUT2D eigenvalue weighted by atomic mass is 35.5. The normalized spacial score (nSPS) is 11.2. The first kappa shape index (κ1) is 48.3. The van der Waals surface area contributed by atoms with E-state index in [0.29, 0.717) is 43.5 Å². The largest absolute Gasteiger partial charge is 0.390 e. The molecule has 0 saturated heterocycles. The van der Waals surface area contributed by atoms with Crippen LogP contribution in [0.2, 0.25) is 0 Å². The number of hydrogen-bond donors (Lipinski definition) is 5. The van der Waals surface area contributed by atoms with E-state index >= 15 is 0 Å². The van der Waals surface area contributed by atoms with Crippen LogP contribution < -0.4 is 10.6 Å². The molecular formula is C32H49Cl2F2N5O5S. The molecule has 3 rings (SSSR count). The molecule has 0 aliphatic carbocycles. The van der Waals surface area contributed by atoms with Gasteiger partial charge < -0.3 is 30.9 Å². The molecule has 0 aliphatic rings. The fourth-order valence-corrected chi connectivity index (χ4v) is 4.93. The van der Waals surface area contributed by atoms with Gasteiger partial charge in [-0.25, -0.2) is 22.2 Å². The summed E-state index contributed by atoms with van der Waals surface area (Å²) in [5.41, 5.74) is 3.48. The zero-order chi connectivity index (χ0) is 34.1. The maximum absolute atomic E-state index is 13.3. The summed E-state index contributed by atoms with van der Waals surface area (Å²) in [6.45, 7) is 6.55. The number of aryl methyl sites for hydroxylation is 1. The number of H-pyrrole nitrogens is 1. The van der Waals surface area contributed by atoms with Crippen molar-refractivity contribution in [1.29, 1.82) is 5.41 Å². The summed E-state index contributed by atoms with van der Waals surface area (Å²) in [4.78, 5) is 24.8. The first-order valence-electron chi connectivity index (χ1n) is 14.6. The van der Waals surface area contributed by atoms with Crippen molar-refractivity contribution in [2.24, 2.45) is 0 Å². The van der Waals surface area contributed by atoms with Gasteiger partial charge in [0, 0.05) is 31.4 Å². The molecule has 2 aromatic carbocycles. The second kappa shape index (κ2) is 29.1. The molecular weight excluding hydrogens is 675 g/mol. The molecule has 0 bridgehead atoms. The third kappa shape index (κ3) is 23.8. The minimum Gasteiger partial charge on any atom is -0.390 e. The number of aromatic amines is 1. The van der Waals surface area contributed by atoms with Gasteiger partial charge in [-0.3, -0.25) is 4.79 Å². The Kier molecular flexibility index (Phi) is 29.9. The van der Waals surface area contributed by atoms with Crippen LogP contribution in [0, 0.1) is 17.0 Å². The Hall–Kier alpha value is -3.07. The number of aliphatic hydroxyl groups is 1. The van der Waals surface area contributed by atoms with Gasteiger partial charge in [-0.1, -0.05) is 44.5 Å². The molecule has 0 fully saturated rings. The van der Waals surface area contributed by atoms with E-state index in [-0.39, 0.29) is 42.4 Å². The van der Waals surface area contributed by atoms with E-state index in [4.69, 9.17) is 10.2 Å². The van der Waals surface area contributed by atoms with Crippen molar-refractivity contribution < 1.29 is 31.9 Å². The molecule has 0 amide bonds. The molecule has 3 aromatic rings. The highest BCUT2D eigenvalue weighted by molar-refractivity contribution is 7.91. The van der Waals surface area contributed by atoms with Gasteiger partial charge >= 0.3 is 0 Å². The summed E-state index contributed by atoms with van der Waals surface area (Å²) in [6.07, 6.45) is 7.58. The molecule has 5 N–H and O–H groups in total. The molecule has 266 valence electrons. The molecule has 0 radical (unpaired) electrons. The SMILES string of the molecule is CC=O.CCCCS(=O)(=O)CC=N.CCc1cccc(CNC[C@@H](O)[C@H](Cc2cc(F)cc(F)c2)NC)c1.Cl.Cl.O=Cc1cnc[nH]1. The fourth-order valence-electron chi connectivity index (χ4n) is 3.79. The Morgan fingerprint density at radius 2 is 1.66 bits per heavy atom. The lowest BCUT2D eigenvalue weighted by atomic mass is 10.0. The number of aromatic nitrogens is 2. The maximum atomic E-state index is 13.3. The number of carbonyl (C=O) groups is 2. The maximum Gasteiger partial charge on any atom is 0.167 e. The van der Waals surface area contributed by atoms with Crippen molar-refractivity contribution in [2.75, 3.05) is 25.1 Å². The molecule has 10 nitrogen and oxygen atoms in total. The van der Waals surface area contributed by atoms with Crippen LogP contribution in [0.1, 0.15) is 60.8 Å². The fraction of sp³-hybridized carbons (Fsp3) is 0.438. The van der Waals surface area contributed by atoms with E-state index in [0.717, 1.165) is 31.4 Å². The molecule has 0 saturated carbocycles. The topological polar surface area (TPSA) is 165 Å². The van der Waals surface area contributed by atoms with E-state index < -0.39 is 27.6 Å². The van der Waals surface area contributed by atoms with Crippen molar-refractivity contribution in [3.8, 4) is 0 Å². The second-order valence-electron chi connectivity index (χ2n) is 9.78. The Balaban J connectivity index is -0.000000724. The third-order valence-electron chi connectivity index (χ3n) is 6.09. The average molecular weight is 725 g/mol. The van der Waals surface area contributed by atoms with Crippen LogP contribution in [0.25, 0.3) is 0 Å². The third-order valence-corrected chi connectivity index (χ3v) is 7.67. The summed E-state index contributed by atoms with van der Waals surface area (Å²) < 4.78 is 48.3. The van der Waals surface area contributed by atoms with Crippen LogP contribution in [0.5, 0.6) is 0 Å². The minimum atomic E-state index is -2.94. The van der Waals surface area contributed by atoms with Gasteiger partial charge in [0.25, 0.3) is 0 Å². The standard InChI is InChI=1S/C20H26F2N2O.C6H13NO2S.C4H4N2O.C2H4O.2ClH/c1-3-14-5-4-6-15(7-14)12-24-13-20(25)19(23-2)10-16-8-17(21)11-18(22)9-16;1-2-3-5-10(8,9)6-4-7;7-2-4-1-5-3-6-4;1-2-3;;/h4-9,11,19-20,23-25H,3,10,12-13H2,1-2H3;4,7H,2-3,5-6H2,1H3;1-3H,(H,5,6);2H,1H3;2*1H/t19-,20+;;;;;/m0...../s1. The minimum absolute atomic E-state index is 0. The molecule has 0 unspecified atom stereocenters. The van der Waals surface area contributed by atoms with E-state index in [1.54, 1.807) is 7.05 Å². The number of aldehydes is 2. The Morgan fingerprint density at radius 1 is 1.04 bits per heavy atom. The van der Waals surface area contributed by atoms with Crippen LogP contribution in [0.4, 0.5) is 8.78 Å². The van der Waals surface area contributed by atoms with Gasteiger partial charge in [-0.05, 0) is 62.1 Å². The number of aliphatic hydroxyl groups excluding tert-OH is 1. The van der Waals surface area contributed by atoms with Crippen LogP contribution in [0.3, 0.4) is 0 Å². The molecule has 2 atom stereocenters. The number of sulfone groups is 1. The van der Waals surface area contributed by atoms with Crippen LogP contribution in [-0.2, 0) is 34.0 Å². The summed E-state index contributed by atoms with van der Waals surface area (Å²) in [7, 11) is -1.21. The van der Waals surface area contributed by atoms with E-state index in [9.17, 15) is 27.1 Å². The van der Waals surface area contributed by atoms with Gasteiger partial charge in [0.1, 0.15) is 17.9 Å². The number of rotatable bonds is 15. The first-order chi connectivity index (χ1) is 21.5. The van der Waals surface area contributed by atoms with Crippen molar-refractivity contribution >= 4 is 53.4 Å². The van der Waals surface area contributed by atoms with Crippen molar-refractivity contribution in [2.45, 2.75) is 65.1 Å². The second-order valence-corrected chi connectivity index (χ2v) is 12.0. The van der Waals surface area contributed by atoms with Crippen LogP contribution in [-0.4, -0.2) is 79.5 Å². The number of unbranched alkanes of at least 4 members (excludes halogenated alkanes) is 1. The zero-order valence-electron chi connectivity index (χ0n) is 27.2. The van der Waals surface area contributed by atoms with E-state index in [1.807, 2.05) is 19.1 Å². The molecule has 0 spiro atoms. The van der Waals surface area contributed by atoms with E-state index in [1.165, 1.54) is 42.7 Å². The predicted octanol–water partition coefficient (Wildman–Crippen LogP) is 4.93. The number of halogens is 4.